The lowest BCUT2D eigenvalue weighted by Crippen LogP contribution is -1.85. The fourth-order valence-corrected chi connectivity index (χ4v) is 0.813. The van der Waals surface area contributed by atoms with Crippen LogP contribution in [0.3, 0.4) is 0 Å². The molecule has 0 saturated heterocycles. The minimum absolute atomic E-state index is 0. The van der Waals surface area contributed by atoms with Crippen LogP contribution in [-0.4, -0.2) is 0 Å². The maximum absolute atomic E-state index is 5.53. The van der Waals surface area contributed by atoms with Gasteiger partial charge >= 0.3 is 0 Å². The van der Waals surface area contributed by atoms with Gasteiger partial charge in [0.2, 0.25) is 0 Å². The molecule has 1 rings (SSSR count). The second kappa shape index (κ2) is 3.94. The molecule has 0 aliphatic carbocycles. The molecule has 1 nitrogen and oxygen atoms in total. The third-order valence-corrected chi connectivity index (χ3v) is 1.36. The Morgan fingerprint density at radius 1 is 1.40 bits per heavy atom. The highest BCUT2D eigenvalue weighted by atomic mass is 14.5. The van der Waals surface area contributed by atoms with Gasteiger partial charge in [-0.25, -0.2) is 0 Å². The van der Waals surface area contributed by atoms with Crippen LogP contribution in [-0.2, 0) is 6.42 Å². The molecule has 0 unspecified atom stereocenters. The molecular formula is C9H15N. The molecule has 1 heteroatoms. The fourth-order valence-electron chi connectivity index (χ4n) is 0.813. The summed E-state index contributed by atoms with van der Waals surface area (Å²) in [7, 11) is 0. The van der Waals surface area contributed by atoms with E-state index in [0.717, 1.165) is 12.1 Å². The maximum atomic E-state index is 5.53. The Bertz CT molecular complexity index is 194. The Hall–Kier alpha value is -0.980. The minimum Gasteiger partial charge on any atom is -0.399 e. The first kappa shape index (κ1) is 9.02. The van der Waals surface area contributed by atoms with Crippen LogP contribution in [0, 0.1) is 0 Å². The first-order valence-electron chi connectivity index (χ1n) is 3.17. The van der Waals surface area contributed by atoms with Crippen molar-refractivity contribution in [3.63, 3.8) is 0 Å². The largest absolute Gasteiger partial charge is 0.399 e. The monoisotopic (exact) mass is 137 g/mol. The van der Waals surface area contributed by atoms with Gasteiger partial charge in [-0.1, -0.05) is 26.5 Å². The molecule has 0 radical (unpaired) electrons. The van der Waals surface area contributed by atoms with Crippen molar-refractivity contribution in [2.45, 2.75) is 20.8 Å². The van der Waals surface area contributed by atoms with Crippen molar-refractivity contribution in [1.82, 2.24) is 0 Å². The van der Waals surface area contributed by atoms with Crippen LogP contribution in [0.4, 0.5) is 5.69 Å². The normalized spacial score (nSPS) is 8.50. The van der Waals surface area contributed by atoms with Crippen molar-refractivity contribution < 1.29 is 0 Å². The zero-order valence-corrected chi connectivity index (χ0v) is 5.59. The van der Waals surface area contributed by atoms with E-state index < -0.39 is 0 Å². The van der Waals surface area contributed by atoms with Gasteiger partial charge in [0.15, 0.2) is 0 Å². The van der Waals surface area contributed by atoms with Crippen LogP contribution in [0.1, 0.15) is 19.9 Å². The van der Waals surface area contributed by atoms with Crippen LogP contribution in [0.25, 0.3) is 0 Å². The summed E-state index contributed by atoms with van der Waals surface area (Å²) in [6, 6.07) is 7.96. The number of rotatable bonds is 1. The minimum atomic E-state index is 0. The van der Waals surface area contributed by atoms with Crippen LogP contribution >= 0.6 is 0 Å². The second-order valence-corrected chi connectivity index (χ2v) is 2.10. The van der Waals surface area contributed by atoms with Gasteiger partial charge in [-0.15, -0.1) is 0 Å². The highest BCUT2D eigenvalue weighted by Crippen LogP contribution is 2.05. The molecule has 0 saturated carbocycles. The number of nitrogens with two attached hydrogens (primary N) is 1. The summed E-state index contributed by atoms with van der Waals surface area (Å²) in [6.07, 6.45) is 1.06. The average Bonchev–Trinajstić information content (AvgIpc) is 1.88. The van der Waals surface area contributed by atoms with Gasteiger partial charge in [0.1, 0.15) is 0 Å². The lowest BCUT2D eigenvalue weighted by atomic mass is 10.1. The predicted octanol–water partition coefficient (Wildman–Crippen LogP) is 2.47. The molecular weight excluding hydrogens is 122 g/mol. The number of benzene rings is 1. The lowest BCUT2D eigenvalue weighted by molar-refractivity contribution is 1.14. The van der Waals surface area contributed by atoms with E-state index in [1.54, 1.807) is 0 Å². The first-order valence-corrected chi connectivity index (χ1v) is 3.17. The topological polar surface area (TPSA) is 26.0 Å². The number of aryl methyl sites for hydroxylation is 1. The number of anilines is 1. The summed E-state index contributed by atoms with van der Waals surface area (Å²) in [5.41, 5.74) is 7.69. The van der Waals surface area contributed by atoms with Crippen LogP contribution in [0.5, 0.6) is 0 Å². The van der Waals surface area contributed by atoms with Crippen molar-refractivity contribution in [2.24, 2.45) is 0 Å². The summed E-state index contributed by atoms with van der Waals surface area (Å²) in [5, 5.41) is 0. The van der Waals surface area contributed by atoms with E-state index in [1.807, 2.05) is 18.2 Å². The van der Waals surface area contributed by atoms with Crippen LogP contribution < -0.4 is 5.73 Å². The molecule has 1 aromatic carbocycles. The Morgan fingerprint density at radius 2 is 2.10 bits per heavy atom. The third-order valence-electron chi connectivity index (χ3n) is 1.36. The predicted molar refractivity (Wildman–Crippen MR) is 47.0 cm³/mol. The van der Waals surface area contributed by atoms with Crippen LogP contribution in [0.15, 0.2) is 24.3 Å². The molecule has 0 amide bonds. The SMILES string of the molecule is C.CCc1cccc(N)c1. The van der Waals surface area contributed by atoms with Gasteiger partial charge in [-0.05, 0) is 24.1 Å². The van der Waals surface area contributed by atoms with E-state index in [0.29, 0.717) is 0 Å². The molecule has 0 spiro atoms. The molecule has 0 fully saturated rings. The smallest absolute Gasteiger partial charge is 0.0316 e. The zero-order chi connectivity index (χ0) is 6.69. The Morgan fingerprint density at radius 3 is 2.50 bits per heavy atom. The quantitative estimate of drug-likeness (QED) is 0.591. The molecule has 2 N–H and O–H groups in total. The number of hydrogen-bond donors (Lipinski definition) is 1. The van der Waals surface area contributed by atoms with Crippen molar-refractivity contribution in [2.75, 3.05) is 5.73 Å². The average molecular weight is 137 g/mol. The molecule has 0 aliphatic heterocycles. The Kier molecular flexibility index (Phi) is 3.55. The van der Waals surface area contributed by atoms with Crippen molar-refractivity contribution in [3.05, 3.63) is 29.8 Å². The second-order valence-electron chi connectivity index (χ2n) is 2.10. The Labute approximate surface area is 62.9 Å². The highest BCUT2D eigenvalue weighted by Gasteiger charge is 1.86. The standard InChI is InChI=1S/C8H11N.CH4/c1-2-7-4-3-5-8(9)6-7;/h3-6H,2,9H2,1H3;1H4. The molecule has 0 heterocycles. The number of nitrogen functional groups attached to an aromatic ring is 1. The Balaban J connectivity index is 0.000000810. The third kappa shape index (κ3) is 2.09. The first-order chi connectivity index (χ1) is 4.33. The van der Waals surface area contributed by atoms with Crippen molar-refractivity contribution in [3.8, 4) is 0 Å². The molecule has 0 atom stereocenters. The van der Waals surface area contributed by atoms with Crippen molar-refractivity contribution >= 4 is 5.69 Å². The highest BCUT2D eigenvalue weighted by molar-refractivity contribution is 5.40. The summed E-state index contributed by atoms with van der Waals surface area (Å²) in [6.45, 7) is 2.12. The summed E-state index contributed by atoms with van der Waals surface area (Å²) < 4.78 is 0. The van der Waals surface area contributed by atoms with Gasteiger partial charge in [0.05, 0.1) is 0 Å². The van der Waals surface area contributed by atoms with Gasteiger partial charge in [0, 0.05) is 5.69 Å². The van der Waals surface area contributed by atoms with Crippen molar-refractivity contribution in [1.29, 1.82) is 0 Å². The molecule has 0 bridgehead atoms. The van der Waals surface area contributed by atoms with E-state index in [4.69, 9.17) is 5.73 Å². The molecule has 0 aromatic heterocycles. The zero-order valence-electron chi connectivity index (χ0n) is 5.59. The van der Waals surface area contributed by atoms with Crippen LogP contribution in [0.2, 0.25) is 0 Å². The summed E-state index contributed by atoms with van der Waals surface area (Å²) in [5.74, 6) is 0. The maximum Gasteiger partial charge on any atom is 0.0316 e. The van der Waals surface area contributed by atoms with Gasteiger partial charge < -0.3 is 5.73 Å². The molecule has 56 valence electrons. The molecule has 1 aromatic rings. The molecule has 0 aliphatic rings. The van der Waals surface area contributed by atoms with E-state index in [2.05, 4.69) is 13.0 Å². The van der Waals surface area contributed by atoms with E-state index >= 15 is 0 Å². The van der Waals surface area contributed by atoms with E-state index in [1.165, 1.54) is 5.56 Å². The summed E-state index contributed by atoms with van der Waals surface area (Å²) >= 11 is 0. The number of hydrogen-bond acceptors (Lipinski definition) is 1. The summed E-state index contributed by atoms with van der Waals surface area (Å²) in [4.78, 5) is 0. The van der Waals surface area contributed by atoms with E-state index in [9.17, 15) is 0 Å². The fraction of sp³-hybridized carbons (Fsp3) is 0.333. The molecule has 10 heavy (non-hydrogen) atoms. The van der Waals surface area contributed by atoms with Gasteiger partial charge in [0.25, 0.3) is 0 Å². The lowest BCUT2D eigenvalue weighted by Gasteiger charge is -1.95. The van der Waals surface area contributed by atoms with Gasteiger partial charge in [-0.2, -0.15) is 0 Å². The van der Waals surface area contributed by atoms with E-state index in [-0.39, 0.29) is 7.43 Å². The van der Waals surface area contributed by atoms with Gasteiger partial charge in [-0.3, -0.25) is 0 Å².